The number of benzene rings is 1. The van der Waals surface area contributed by atoms with E-state index < -0.39 is 11.9 Å². The third kappa shape index (κ3) is 2.25. The van der Waals surface area contributed by atoms with Crippen molar-refractivity contribution in [2.75, 3.05) is 11.9 Å². The van der Waals surface area contributed by atoms with Gasteiger partial charge < -0.3 is 10.1 Å². The van der Waals surface area contributed by atoms with Gasteiger partial charge >= 0.3 is 5.97 Å². The van der Waals surface area contributed by atoms with Crippen LogP contribution in [0.4, 0.5) is 5.69 Å². The molecule has 0 aliphatic carbocycles. The zero-order chi connectivity index (χ0) is 13.3. The SMILES string of the molecule is CC(=O)Nc1ccc(C)cc1[C@H]1COC(=O)C1=N. The quantitative estimate of drug-likeness (QED) is 0.778. The topological polar surface area (TPSA) is 79.2 Å². The molecule has 2 rings (SSSR count). The van der Waals surface area contributed by atoms with E-state index in [1.807, 2.05) is 19.1 Å². The van der Waals surface area contributed by atoms with E-state index in [1.54, 1.807) is 6.07 Å². The lowest BCUT2D eigenvalue weighted by molar-refractivity contribution is -0.132. The van der Waals surface area contributed by atoms with Crippen molar-refractivity contribution in [3.63, 3.8) is 0 Å². The van der Waals surface area contributed by atoms with Crippen LogP contribution in [-0.4, -0.2) is 24.2 Å². The van der Waals surface area contributed by atoms with E-state index in [-0.39, 0.29) is 18.2 Å². The van der Waals surface area contributed by atoms with Crippen molar-refractivity contribution in [2.45, 2.75) is 19.8 Å². The lowest BCUT2D eigenvalue weighted by Crippen LogP contribution is -2.16. The highest BCUT2D eigenvalue weighted by molar-refractivity contribution is 6.39. The Kier molecular flexibility index (Phi) is 3.14. The van der Waals surface area contributed by atoms with E-state index in [9.17, 15) is 9.59 Å². The predicted octanol–water partition coefficient (Wildman–Crippen LogP) is 1.61. The predicted molar refractivity (Wildman–Crippen MR) is 66.9 cm³/mol. The molecule has 0 bridgehead atoms. The van der Waals surface area contributed by atoms with Crippen molar-refractivity contribution in [1.29, 1.82) is 5.41 Å². The summed E-state index contributed by atoms with van der Waals surface area (Å²) >= 11 is 0. The number of ether oxygens (including phenoxy) is 1. The molecule has 18 heavy (non-hydrogen) atoms. The van der Waals surface area contributed by atoms with E-state index in [0.717, 1.165) is 11.1 Å². The van der Waals surface area contributed by atoms with E-state index in [4.69, 9.17) is 10.1 Å². The molecular formula is C13H14N2O3. The molecule has 5 heteroatoms. The number of carbonyl (C=O) groups is 2. The lowest BCUT2D eigenvalue weighted by Gasteiger charge is -2.14. The summed E-state index contributed by atoms with van der Waals surface area (Å²) in [5, 5.41) is 10.4. The van der Waals surface area contributed by atoms with Gasteiger partial charge in [0.15, 0.2) is 0 Å². The molecule has 1 aromatic carbocycles. The van der Waals surface area contributed by atoms with Crippen molar-refractivity contribution < 1.29 is 14.3 Å². The van der Waals surface area contributed by atoms with Gasteiger partial charge in [0, 0.05) is 12.6 Å². The molecule has 1 aliphatic rings. The van der Waals surface area contributed by atoms with Gasteiger partial charge in [0.05, 0.1) is 5.92 Å². The molecule has 0 aromatic heterocycles. The average Bonchev–Trinajstić information content (AvgIpc) is 2.62. The van der Waals surface area contributed by atoms with Gasteiger partial charge in [0.1, 0.15) is 12.3 Å². The lowest BCUT2D eigenvalue weighted by atomic mass is 9.93. The number of hydrogen-bond acceptors (Lipinski definition) is 4. The van der Waals surface area contributed by atoms with Gasteiger partial charge in [-0.3, -0.25) is 10.2 Å². The molecule has 1 saturated heterocycles. The molecule has 0 spiro atoms. The molecule has 1 amide bonds. The maximum atomic E-state index is 11.2. The summed E-state index contributed by atoms with van der Waals surface area (Å²) in [5.41, 5.74) is 2.32. The highest BCUT2D eigenvalue weighted by Crippen LogP contribution is 2.30. The Morgan fingerprint density at radius 3 is 2.78 bits per heavy atom. The van der Waals surface area contributed by atoms with Gasteiger partial charge in [-0.1, -0.05) is 17.7 Å². The Balaban J connectivity index is 2.42. The van der Waals surface area contributed by atoms with Gasteiger partial charge in [0.2, 0.25) is 5.91 Å². The molecular weight excluding hydrogens is 232 g/mol. The van der Waals surface area contributed by atoms with E-state index in [2.05, 4.69) is 5.32 Å². The largest absolute Gasteiger partial charge is 0.460 e. The Hall–Kier alpha value is -2.17. The normalized spacial score (nSPS) is 18.7. The number of nitrogens with one attached hydrogen (secondary N) is 2. The second-order valence-corrected chi connectivity index (χ2v) is 4.34. The monoisotopic (exact) mass is 246 g/mol. The number of carbonyl (C=O) groups excluding carboxylic acids is 2. The summed E-state index contributed by atoms with van der Waals surface area (Å²) in [5.74, 6) is -1.17. The van der Waals surface area contributed by atoms with Crippen molar-refractivity contribution in [1.82, 2.24) is 0 Å². The van der Waals surface area contributed by atoms with Crippen LogP contribution < -0.4 is 5.32 Å². The second-order valence-electron chi connectivity index (χ2n) is 4.34. The van der Waals surface area contributed by atoms with Crippen LogP contribution in [-0.2, 0) is 14.3 Å². The minimum absolute atomic E-state index is 0.0628. The van der Waals surface area contributed by atoms with Gasteiger partial charge in [-0.05, 0) is 18.6 Å². The molecule has 1 aromatic rings. The van der Waals surface area contributed by atoms with Gasteiger partial charge in [-0.2, -0.15) is 0 Å². The Morgan fingerprint density at radius 2 is 2.22 bits per heavy atom. The smallest absolute Gasteiger partial charge is 0.352 e. The zero-order valence-electron chi connectivity index (χ0n) is 10.2. The number of cyclic esters (lactones) is 1. The molecule has 0 radical (unpaired) electrons. The fourth-order valence-corrected chi connectivity index (χ4v) is 1.98. The molecule has 1 fully saturated rings. The van der Waals surface area contributed by atoms with Crippen LogP contribution in [0.15, 0.2) is 18.2 Å². The fraction of sp³-hybridized carbons (Fsp3) is 0.308. The molecule has 5 nitrogen and oxygen atoms in total. The Morgan fingerprint density at radius 1 is 1.50 bits per heavy atom. The number of hydrogen-bond donors (Lipinski definition) is 2. The van der Waals surface area contributed by atoms with Crippen molar-refractivity contribution in [3.05, 3.63) is 29.3 Å². The van der Waals surface area contributed by atoms with Gasteiger partial charge in [0.25, 0.3) is 0 Å². The van der Waals surface area contributed by atoms with Crippen LogP contribution in [0.3, 0.4) is 0 Å². The zero-order valence-corrected chi connectivity index (χ0v) is 10.2. The van der Waals surface area contributed by atoms with Crippen LogP contribution in [0, 0.1) is 12.3 Å². The van der Waals surface area contributed by atoms with Crippen LogP contribution in [0.1, 0.15) is 24.0 Å². The summed E-state index contributed by atoms with van der Waals surface area (Å²) in [4.78, 5) is 22.4. The third-order valence-electron chi connectivity index (χ3n) is 2.84. The summed E-state index contributed by atoms with van der Waals surface area (Å²) in [6, 6.07) is 5.52. The highest BCUT2D eigenvalue weighted by atomic mass is 16.5. The maximum Gasteiger partial charge on any atom is 0.352 e. The van der Waals surface area contributed by atoms with Gasteiger partial charge in [-0.25, -0.2) is 4.79 Å². The average molecular weight is 246 g/mol. The van der Waals surface area contributed by atoms with Crippen molar-refractivity contribution >= 4 is 23.3 Å². The van der Waals surface area contributed by atoms with Crippen LogP contribution in [0.2, 0.25) is 0 Å². The van der Waals surface area contributed by atoms with Crippen LogP contribution in [0.25, 0.3) is 0 Å². The molecule has 1 aliphatic heterocycles. The third-order valence-corrected chi connectivity index (χ3v) is 2.84. The molecule has 1 heterocycles. The van der Waals surface area contributed by atoms with E-state index in [0.29, 0.717) is 5.69 Å². The number of aryl methyl sites for hydroxylation is 1. The van der Waals surface area contributed by atoms with Crippen molar-refractivity contribution in [2.24, 2.45) is 0 Å². The fourth-order valence-electron chi connectivity index (χ4n) is 1.98. The first kappa shape index (κ1) is 12.3. The van der Waals surface area contributed by atoms with Crippen LogP contribution >= 0.6 is 0 Å². The summed E-state index contributed by atoms with van der Waals surface area (Å²) < 4.78 is 4.86. The minimum Gasteiger partial charge on any atom is -0.460 e. The first-order valence-electron chi connectivity index (χ1n) is 5.62. The molecule has 1 atom stereocenters. The number of esters is 1. The Labute approximate surface area is 105 Å². The standard InChI is InChI=1S/C13H14N2O3/c1-7-3-4-11(15-8(2)16)9(5-7)10-6-18-13(17)12(10)14/h3-5,10,14H,6H2,1-2H3,(H,15,16)/t10-/m1/s1. The molecule has 94 valence electrons. The number of amides is 1. The maximum absolute atomic E-state index is 11.2. The first-order valence-corrected chi connectivity index (χ1v) is 5.62. The molecule has 2 N–H and O–H groups in total. The van der Waals surface area contributed by atoms with Gasteiger partial charge in [-0.15, -0.1) is 0 Å². The summed E-state index contributed by atoms with van der Waals surface area (Å²) in [7, 11) is 0. The summed E-state index contributed by atoms with van der Waals surface area (Å²) in [6.07, 6.45) is 0. The van der Waals surface area contributed by atoms with Crippen LogP contribution in [0.5, 0.6) is 0 Å². The Bertz CT molecular complexity index is 537. The minimum atomic E-state index is -0.588. The number of anilines is 1. The number of rotatable bonds is 2. The second kappa shape index (κ2) is 4.60. The van der Waals surface area contributed by atoms with E-state index >= 15 is 0 Å². The molecule has 0 saturated carbocycles. The van der Waals surface area contributed by atoms with E-state index in [1.165, 1.54) is 6.92 Å². The summed E-state index contributed by atoms with van der Waals surface area (Å²) in [6.45, 7) is 3.50. The van der Waals surface area contributed by atoms with Crippen molar-refractivity contribution in [3.8, 4) is 0 Å². The first-order chi connectivity index (χ1) is 8.49. The highest BCUT2D eigenvalue weighted by Gasteiger charge is 2.33. The molecule has 0 unspecified atom stereocenters.